The summed E-state index contributed by atoms with van der Waals surface area (Å²) < 4.78 is 13.2. The molecule has 1 aromatic heterocycles. The van der Waals surface area contributed by atoms with Crippen molar-refractivity contribution in [2.45, 2.75) is 45.3 Å². The van der Waals surface area contributed by atoms with E-state index >= 15 is 0 Å². The molecular weight excluding hydrogens is 289 g/mol. The van der Waals surface area contributed by atoms with Gasteiger partial charge in [-0.25, -0.2) is 4.98 Å². The van der Waals surface area contributed by atoms with Gasteiger partial charge in [0.1, 0.15) is 5.82 Å². The van der Waals surface area contributed by atoms with Crippen LogP contribution in [0.25, 0.3) is 0 Å². The van der Waals surface area contributed by atoms with Crippen LogP contribution in [0.3, 0.4) is 0 Å². The van der Waals surface area contributed by atoms with Crippen molar-refractivity contribution in [1.29, 1.82) is 0 Å². The van der Waals surface area contributed by atoms with Gasteiger partial charge in [0.2, 0.25) is 5.95 Å². The van der Waals surface area contributed by atoms with Gasteiger partial charge in [0.25, 0.3) is 0 Å². The maximum atomic E-state index is 13.2. The van der Waals surface area contributed by atoms with Crippen LogP contribution in [-0.4, -0.2) is 22.5 Å². The molecule has 1 fully saturated rings. The number of aromatic nitrogens is 1. The molecule has 1 unspecified atom stereocenters. The Morgan fingerprint density at radius 1 is 1.13 bits per heavy atom. The average Bonchev–Trinajstić information content (AvgIpc) is 2.56. The van der Waals surface area contributed by atoms with Crippen LogP contribution in [0.4, 0.5) is 10.2 Å². The van der Waals surface area contributed by atoms with Gasteiger partial charge in [0.05, 0.1) is 0 Å². The Morgan fingerprint density at radius 3 is 2.74 bits per heavy atom. The van der Waals surface area contributed by atoms with E-state index in [2.05, 4.69) is 46.4 Å². The number of likely N-dealkylation sites (tertiary alicyclic amines) is 1. The van der Waals surface area contributed by atoms with Crippen LogP contribution in [-0.2, 0) is 13.1 Å². The van der Waals surface area contributed by atoms with Crippen molar-refractivity contribution in [3.05, 3.63) is 59.5 Å². The number of piperidine rings is 1. The fourth-order valence-electron chi connectivity index (χ4n) is 3.19. The minimum Gasteiger partial charge on any atom is -0.366 e. The summed E-state index contributed by atoms with van der Waals surface area (Å²) in [5.74, 6) is 0.122. The van der Waals surface area contributed by atoms with Gasteiger partial charge in [-0.2, -0.15) is 4.39 Å². The highest BCUT2D eigenvalue weighted by molar-refractivity contribution is 5.37. The van der Waals surface area contributed by atoms with E-state index in [1.54, 1.807) is 12.1 Å². The van der Waals surface area contributed by atoms with E-state index < -0.39 is 5.95 Å². The van der Waals surface area contributed by atoms with E-state index in [1.165, 1.54) is 43.0 Å². The number of pyridine rings is 1. The first-order chi connectivity index (χ1) is 11.2. The summed E-state index contributed by atoms with van der Waals surface area (Å²) in [6.45, 7) is 5.13. The molecule has 4 heteroatoms. The van der Waals surface area contributed by atoms with Crippen molar-refractivity contribution >= 4 is 5.82 Å². The number of nitrogens with zero attached hydrogens (tertiary/aromatic N) is 2. The van der Waals surface area contributed by atoms with Crippen LogP contribution in [0.5, 0.6) is 0 Å². The summed E-state index contributed by atoms with van der Waals surface area (Å²) in [6, 6.07) is 13.9. The predicted molar refractivity (Wildman–Crippen MR) is 91.7 cm³/mol. The van der Waals surface area contributed by atoms with Crippen molar-refractivity contribution in [2.75, 3.05) is 11.9 Å². The quantitative estimate of drug-likeness (QED) is 0.838. The zero-order valence-electron chi connectivity index (χ0n) is 13.6. The van der Waals surface area contributed by atoms with Gasteiger partial charge >= 0.3 is 0 Å². The second-order valence-corrected chi connectivity index (χ2v) is 6.28. The van der Waals surface area contributed by atoms with Crippen molar-refractivity contribution in [1.82, 2.24) is 9.88 Å². The molecule has 3 nitrogen and oxygen atoms in total. The highest BCUT2D eigenvalue weighted by Gasteiger charge is 2.19. The first-order valence-electron chi connectivity index (χ1n) is 8.39. The summed E-state index contributed by atoms with van der Waals surface area (Å²) in [5, 5.41) is 3.22. The summed E-state index contributed by atoms with van der Waals surface area (Å²) >= 11 is 0. The van der Waals surface area contributed by atoms with Gasteiger partial charge in [0, 0.05) is 19.1 Å². The maximum Gasteiger partial charge on any atom is 0.214 e. The molecule has 0 saturated carbocycles. The molecule has 2 heterocycles. The second kappa shape index (κ2) is 7.55. The fraction of sp³-hybridized carbons (Fsp3) is 0.421. The zero-order valence-corrected chi connectivity index (χ0v) is 13.6. The molecule has 0 spiro atoms. The summed E-state index contributed by atoms with van der Waals surface area (Å²) in [7, 11) is 0. The van der Waals surface area contributed by atoms with Gasteiger partial charge in [-0.3, -0.25) is 4.90 Å². The molecule has 3 rings (SSSR count). The molecule has 1 N–H and O–H groups in total. The van der Waals surface area contributed by atoms with Gasteiger partial charge in [-0.15, -0.1) is 0 Å². The topological polar surface area (TPSA) is 28.2 Å². The van der Waals surface area contributed by atoms with E-state index in [0.29, 0.717) is 18.4 Å². The van der Waals surface area contributed by atoms with Crippen LogP contribution in [0.2, 0.25) is 0 Å². The Balaban J connectivity index is 1.67. The van der Waals surface area contributed by atoms with E-state index in [-0.39, 0.29) is 0 Å². The third-order valence-corrected chi connectivity index (χ3v) is 4.61. The third kappa shape index (κ3) is 4.29. The summed E-state index contributed by atoms with van der Waals surface area (Å²) in [6.07, 6.45) is 3.91. The Hall–Kier alpha value is -1.94. The van der Waals surface area contributed by atoms with Crippen LogP contribution in [0.1, 0.15) is 37.3 Å². The molecule has 1 aliphatic rings. The van der Waals surface area contributed by atoms with E-state index in [0.717, 1.165) is 6.54 Å². The van der Waals surface area contributed by atoms with E-state index in [9.17, 15) is 4.39 Å². The van der Waals surface area contributed by atoms with Gasteiger partial charge in [-0.1, -0.05) is 36.8 Å². The highest BCUT2D eigenvalue weighted by atomic mass is 19.1. The van der Waals surface area contributed by atoms with Crippen LogP contribution >= 0.6 is 0 Å². The number of benzene rings is 1. The standard InChI is InChI=1S/C19H24FN3/c1-15-7-4-5-12-23(15)14-17-9-3-2-8-16(17)13-21-19-11-6-10-18(20)22-19/h2-3,6,8-11,15H,4-5,7,12-14H2,1H3,(H,21,22). The lowest BCUT2D eigenvalue weighted by atomic mass is 10.0. The Kier molecular flexibility index (Phi) is 5.23. The van der Waals surface area contributed by atoms with Crippen molar-refractivity contribution in [2.24, 2.45) is 0 Å². The van der Waals surface area contributed by atoms with Gasteiger partial charge in [0.15, 0.2) is 0 Å². The third-order valence-electron chi connectivity index (χ3n) is 4.61. The highest BCUT2D eigenvalue weighted by Crippen LogP contribution is 2.21. The minimum absolute atomic E-state index is 0.453. The summed E-state index contributed by atoms with van der Waals surface area (Å²) in [5.41, 5.74) is 2.58. The average molecular weight is 313 g/mol. The molecule has 1 atom stereocenters. The molecule has 1 aliphatic heterocycles. The number of nitrogens with one attached hydrogen (secondary N) is 1. The second-order valence-electron chi connectivity index (χ2n) is 6.28. The number of hydrogen-bond donors (Lipinski definition) is 1. The molecule has 23 heavy (non-hydrogen) atoms. The molecule has 0 radical (unpaired) electrons. The van der Waals surface area contributed by atoms with Crippen LogP contribution in [0, 0.1) is 5.95 Å². The molecule has 0 bridgehead atoms. The molecule has 0 amide bonds. The molecule has 0 aliphatic carbocycles. The van der Waals surface area contributed by atoms with Crippen molar-refractivity contribution in [3.63, 3.8) is 0 Å². The Bertz CT molecular complexity index is 644. The molecule has 1 saturated heterocycles. The number of rotatable bonds is 5. The van der Waals surface area contributed by atoms with E-state index in [1.807, 2.05) is 0 Å². The zero-order chi connectivity index (χ0) is 16.1. The molecular formula is C19H24FN3. The van der Waals surface area contributed by atoms with Crippen molar-refractivity contribution < 1.29 is 4.39 Å². The lowest BCUT2D eigenvalue weighted by Gasteiger charge is -2.33. The number of hydrogen-bond acceptors (Lipinski definition) is 3. The lowest BCUT2D eigenvalue weighted by molar-refractivity contribution is 0.152. The molecule has 1 aromatic carbocycles. The van der Waals surface area contributed by atoms with Crippen LogP contribution in [0.15, 0.2) is 42.5 Å². The Labute approximate surface area is 137 Å². The number of anilines is 1. The lowest BCUT2D eigenvalue weighted by Crippen LogP contribution is -2.37. The van der Waals surface area contributed by atoms with E-state index in [4.69, 9.17) is 0 Å². The SMILES string of the molecule is CC1CCCCN1Cc1ccccc1CNc1cccc(F)n1. The minimum atomic E-state index is -0.453. The van der Waals surface area contributed by atoms with Crippen molar-refractivity contribution in [3.8, 4) is 0 Å². The summed E-state index contributed by atoms with van der Waals surface area (Å²) in [4.78, 5) is 6.42. The molecule has 2 aromatic rings. The first kappa shape index (κ1) is 15.9. The maximum absolute atomic E-state index is 13.2. The first-order valence-corrected chi connectivity index (χ1v) is 8.39. The van der Waals surface area contributed by atoms with Gasteiger partial charge in [-0.05, 0) is 49.6 Å². The Morgan fingerprint density at radius 2 is 1.96 bits per heavy atom. The number of halogens is 1. The van der Waals surface area contributed by atoms with Gasteiger partial charge < -0.3 is 5.32 Å². The predicted octanol–water partition coefficient (Wildman–Crippen LogP) is 4.21. The monoisotopic (exact) mass is 313 g/mol. The fourth-order valence-corrected chi connectivity index (χ4v) is 3.19. The van der Waals surface area contributed by atoms with Crippen LogP contribution < -0.4 is 5.32 Å². The smallest absolute Gasteiger partial charge is 0.214 e. The normalized spacial score (nSPS) is 18.8. The largest absolute Gasteiger partial charge is 0.366 e. The molecule has 122 valence electrons.